The standard InChI is InChI=1S/C17H24N4O2S/c1-4-23-12-8-11-18-15(22)19-16-21-20-14(24-16)17(2,3)13-9-6-5-7-10-13/h5-7,9-10H,4,8,11-12H2,1-3H3,(H2,18,19,21,22). The highest BCUT2D eigenvalue weighted by Gasteiger charge is 2.27. The molecule has 0 saturated heterocycles. The fourth-order valence-corrected chi connectivity index (χ4v) is 3.03. The summed E-state index contributed by atoms with van der Waals surface area (Å²) in [6.45, 7) is 8.04. The number of hydrogen-bond donors (Lipinski definition) is 2. The molecule has 0 radical (unpaired) electrons. The van der Waals surface area contributed by atoms with Crippen LogP contribution in [0.1, 0.15) is 37.8 Å². The number of nitrogens with zero attached hydrogens (tertiary/aromatic N) is 2. The van der Waals surface area contributed by atoms with Gasteiger partial charge in [0.05, 0.1) is 0 Å². The molecule has 1 aromatic heterocycles. The van der Waals surface area contributed by atoms with E-state index in [4.69, 9.17) is 4.74 Å². The number of carbonyl (C=O) groups is 1. The SMILES string of the molecule is CCOCCCNC(=O)Nc1nnc(C(C)(C)c2ccccc2)s1. The van der Waals surface area contributed by atoms with Gasteiger partial charge in [-0.3, -0.25) is 5.32 Å². The number of rotatable bonds is 8. The number of anilines is 1. The Balaban J connectivity index is 1.90. The van der Waals surface area contributed by atoms with E-state index in [0.29, 0.717) is 24.9 Å². The number of carbonyl (C=O) groups excluding carboxylic acids is 1. The van der Waals surface area contributed by atoms with Crippen molar-refractivity contribution < 1.29 is 9.53 Å². The van der Waals surface area contributed by atoms with E-state index < -0.39 is 0 Å². The van der Waals surface area contributed by atoms with Crippen molar-refractivity contribution >= 4 is 22.5 Å². The quantitative estimate of drug-likeness (QED) is 0.717. The lowest BCUT2D eigenvalue weighted by Crippen LogP contribution is -2.30. The van der Waals surface area contributed by atoms with Crippen LogP contribution in [-0.2, 0) is 10.2 Å². The van der Waals surface area contributed by atoms with Crippen LogP contribution >= 0.6 is 11.3 Å². The Kier molecular flexibility index (Phi) is 6.69. The van der Waals surface area contributed by atoms with Crippen LogP contribution in [0.15, 0.2) is 30.3 Å². The molecule has 0 fully saturated rings. The number of aromatic nitrogens is 2. The minimum absolute atomic E-state index is 0.257. The second kappa shape index (κ2) is 8.75. The molecule has 1 aromatic carbocycles. The monoisotopic (exact) mass is 348 g/mol. The van der Waals surface area contributed by atoms with Crippen molar-refractivity contribution in [3.8, 4) is 0 Å². The van der Waals surface area contributed by atoms with Crippen LogP contribution in [0, 0.1) is 0 Å². The van der Waals surface area contributed by atoms with Gasteiger partial charge in [0, 0.05) is 25.2 Å². The van der Waals surface area contributed by atoms with Crippen molar-refractivity contribution in [3.05, 3.63) is 40.9 Å². The van der Waals surface area contributed by atoms with E-state index in [2.05, 4.69) is 46.8 Å². The zero-order chi connectivity index (χ0) is 17.4. The van der Waals surface area contributed by atoms with E-state index in [9.17, 15) is 4.79 Å². The molecular formula is C17H24N4O2S. The lowest BCUT2D eigenvalue weighted by atomic mass is 9.85. The molecule has 0 aliphatic heterocycles. The molecule has 2 aromatic rings. The molecule has 0 aliphatic rings. The van der Waals surface area contributed by atoms with E-state index in [1.165, 1.54) is 11.3 Å². The van der Waals surface area contributed by atoms with Crippen LogP contribution in [-0.4, -0.2) is 36.0 Å². The Morgan fingerprint density at radius 1 is 1.25 bits per heavy atom. The molecule has 0 unspecified atom stereocenters. The van der Waals surface area contributed by atoms with E-state index in [1.54, 1.807) is 0 Å². The van der Waals surface area contributed by atoms with Gasteiger partial charge in [-0.2, -0.15) is 0 Å². The third kappa shape index (κ3) is 5.01. The number of benzene rings is 1. The third-order valence-electron chi connectivity index (χ3n) is 3.63. The van der Waals surface area contributed by atoms with Crippen molar-refractivity contribution in [1.82, 2.24) is 15.5 Å². The molecule has 7 heteroatoms. The second-order valence-electron chi connectivity index (χ2n) is 5.83. The predicted molar refractivity (Wildman–Crippen MR) is 96.6 cm³/mol. The van der Waals surface area contributed by atoms with Gasteiger partial charge in [0.2, 0.25) is 5.13 Å². The van der Waals surface area contributed by atoms with E-state index in [1.807, 2.05) is 25.1 Å². The van der Waals surface area contributed by atoms with E-state index >= 15 is 0 Å². The number of ether oxygens (including phenoxy) is 1. The Morgan fingerprint density at radius 3 is 2.71 bits per heavy atom. The molecular weight excluding hydrogens is 324 g/mol. The molecule has 2 N–H and O–H groups in total. The molecule has 0 spiro atoms. The predicted octanol–water partition coefficient (Wildman–Crippen LogP) is 3.41. The maximum absolute atomic E-state index is 11.8. The highest BCUT2D eigenvalue weighted by Crippen LogP contribution is 2.34. The molecule has 2 rings (SSSR count). The van der Waals surface area contributed by atoms with Crippen LogP contribution in [0.25, 0.3) is 0 Å². The molecule has 0 saturated carbocycles. The maximum Gasteiger partial charge on any atom is 0.321 e. The van der Waals surface area contributed by atoms with Gasteiger partial charge in [0.1, 0.15) is 5.01 Å². The maximum atomic E-state index is 11.8. The highest BCUT2D eigenvalue weighted by atomic mass is 32.1. The zero-order valence-electron chi connectivity index (χ0n) is 14.3. The second-order valence-corrected chi connectivity index (χ2v) is 6.81. The molecule has 6 nitrogen and oxygen atoms in total. The zero-order valence-corrected chi connectivity index (χ0v) is 15.2. The summed E-state index contributed by atoms with van der Waals surface area (Å²) in [4.78, 5) is 11.8. The van der Waals surface area contributed by atoms with Crippen molar-refractivity contribution in [2.45, 2.75) is 32.6 Å². The fraction of sp³-hybridized carbons (Fsp3) is 0.471. The van der Waals surface area contributed by atoms with Gasteiger partial charge in [-0.1, -0.05) is 41.7 Å². The number of amides is 2. The van der Waals surface area contributed by atoms with Gasteiger partial charge in [0.15, 0.2) is 0 Å². The molecule has 130 valence electrons. The van der Waals surface area contributed by atoms with Crippen molar-refractivity contribution in [2.75, 3.05) is 25.1 Å². The summed E-state index contributed by atoms with van der Waals surface area (Å²) >= 11 is 1.39. The fourth-order valence-electron chi connectivity index (χ4n) is 2.17. The first-order valence-electron chi connectivity index (χ1n) is 8.06. The molecule has 0 aliphatic carbocycles. The summed E-state index contributed by atoms with van der Waals surface area (Å²) in [5.74, 6) is 0. The third-order valence-corrected chi connectivity index (χ3v) is 4.79. The van der Waals surface area contributed by atoms with Crippen molar-refractivity contribution in [2.24, 2.45) is 0 Å². The largest absolute Gasteiger partial charge is 0.382 e. The summed E-state index contributed by atoms with van der Waals surface area (Å²) < 4.78 is 5.22. The van der Waals surface area contributed by atoms with Gasteiger partial charge in [0.25, 0.3) is 0 Å². The summed E-state index contributed by atoms with van der Waals surface area (Å²) in [7, 11) is 0. The summed E-state index contributed by atoms with van der Waals surface area (Å²) in [6.07, 6.45) is 0.781. The van der Waals surface area contributed by atoms with Gasteiger partial charge in [-0.05, 0) is 32.8 Å². The summed E-state index contributed by atoms with van der Waals surface area (Å²) in [5.41, 5.74) is 0.903. The normalized spacial score (nSPS) is 11.3. The van der Waals surface area contributed by atoms with Gasteiger partial charge < -0.3 is 10.1 Å². The number of hydrogen-bond acceptors (Lipinski definition) is 5. The average molecular weight is 348 g/mol. The first-order valence-corrected chi connectivity index (χ1v) is 8.87. The Bertz CT molecular complexity index is 643. The average Bonchev–Trinajstić information content (AvgIpc) is 3.04. The van der Waals surface area contributed by atoms with Crippen LogP contribution in [0.4, 0.5) is 9.93 Å². The Labute approximate surface area is 146 Å². The summed E-state index contributed by atoms with van der Waals surface area (Å²) in [5, 5.41) is 15.2. The van der Waals surface area contributed by atoms with Gasteiger partial charge in [-0.15, -0.1) is 10.2 Å². The first-order chi connectivity index (χ1) is 11.5. The highest BCUT2D eigenvalue weighted by molar-refractivity contribution is 7.15. The lowest BCUT2D eigenvalue weighted by molar-refractivity contribution is 0.145. The van der Waals surface area contributed by atoms with Gasteiger partial charge >= 0.3 is 6.03 Å². The molecule has 2 amide bonds. The summed E-state index contributed by atoms with van der Waals surface area (Å²) in [6, 6.07) is 9.87. The smallest absolute Gasteiger partial charge is 0.321 e. The van der Waals surface area contributed by atoms with Crippen LogP contribution in [0.5, 0.6) is 0 Å². The van der Waals surface area contributed by atoms with E-state index in [-0.39, 0.29) is 11.4 Å². The number of nitrogens with one attached hydrogen (secondary N) is 2. The minimum Gasteiger partial charge on any atom is -0.382 e. The molecule has 24 heavy (non-hydrogen) atoms. The Hall–Kier alpha value is -1.99. The Morgan fingerprint density at radius 2 is 2.00 bits per heavy atom. The van der Waals surface area contributed by atoms with Crippen LogP contribution in [0.3, 0.4) is 0 Å². The van der Waals surface area contributed by atoms with E-state index in [0.717, 1.165) is 17.0 Å². The van der Waals surface area contributed by atoms with Crippen molar-refractivity contribution in [1.29, 1.82) is 0 Å². The first kappa shape index (κ1) is 18.4. The number of urea groups is 1. The van der Waals surface area contributed by atoms with Gasteiger partial charge in [-0.25, -0.2) is 4.79 Å². The lowest BCUT2D eigenvalue weighted by Gasteiger charge is -2.21. The molecule has 0 atom stereocenters. The molecule has 1 heterocycles. The van der Waals surface area contributed by atoms with Crippen molar-refractivity contribution in [3.63, 3.8) is 0 Å². The molecule has 0 bridgehead atoms. The topological polar surface area (TPSA) is 76.1 Å². The van der Waals surface area contributed by atoms with Crippen LogP contribution in [0.2, 0.25) is 0 Å². The minimum atomic E-state index is -0.272. The van der Waals surface area contributed by atoms with Crippen LogP contribution < -0.4 is 10.6 Å².